The molecule has 9 rings (SSSR count). The molecular formula is C48H42N2. The summed E-state index contributed by atoms with van der Waals surface area (Å²) in [5.41, 5.74) is 18.0. The van der Waals surface area contributed by atoms with Gasteiger partial charge in [0.2, 0.25) is 0 Å². The molecule has 0 fully saturated rings. The molecule has 3 aliphatic rings. The quantitative estimate of drug-likeness (QED) is 0.178. The van der Waals surface area contributed by atoms with Crippen LogP contribution >= 0.6 is 0 Å². The SMILES string of the molecule is CC1(C)c2cc(N(C3=CC=CCC3)c3ccccc3)ccc2-c2cc3c(cc21)-c1ccc(N(c2ccccc2)c2ccccc2)cc1C3(C)C. The summed E-state index contributed by atoms with van der Waals surface area (Å²) < 4.78 is 0. The Morgan fingerprint density at radius 1 is 0.420 bits per heavy atom. The minimum Gasteiger partial charge on any atom is -0.314 e. The fourth-order valence-corrected chi connectivity index (χ4v) is 8.65. The minimum atomic E-state index is -0.146. The Morgan fingerprint density at radius 2 is 0.840 bits per heavy atom. The van der Waals surface area contributed by atoms with Gasteiger partial charge in [0.25, 0.3) is 0 Å². The molecule has 244 valence electrons. The van der Waals surface area contributed by atoms with E-state index in [0.717, 1.165) is 24.2 Å². The lowest BCUT2D eigenvalue weighted by Crippen LogP contribution is -2.19. The number of rotatable bonds is 6. The van der Waals surface area contributed by atoms with Gasteiger partial charge in [0.05, 0.1) is 0 Å². The molecule has 0 spiro atoms. The van der Waals surface area contributed by atoms with Crippen molar-refractivity contribution in [2.45, 2.75) is 51.4 Å². The van der Waals surface area contributed by atoms with E-state index in [1.165, 1.54) is 67.3 Å². The zero-order chi connectivity index (χ0) is 34.0. The number of nitrogens with zero attached hydrogens (tertiary/aromatic N) is 2. The normalized spacial score (nSPS) is 15.8. The summed E-state index contributed by atoms with van der Waals surface area (Å²) in [6.07, 6.45) is 8.84. The van der Waals surface area contributed by atoms with E-state index >= 15 is 0 Å². The van der Waals surface area contributed by atoms with Crippen LogP contribution in [0.15, 0.2) is 163 Å². The van der Waals surface area contributed by atoms with Crippen LogP contribution in [-0.2, 0) is 10.8 Å². The van der Waals surface area contributed by atoms with Crippen LogP contribution < -0.4 is 9.80 Å². The van der Waals surface area contributed by atoms with Gasteiger partial charge >= 0.3 is 0 Å². The molecule has 0 unspecified atom stereocenters. The van der Waals surface area contributed by atoms with Crippen molar-refractivity contribution >= 4 is 28.4 Å². The van der Waals surface area contributed by atoms with Crippen LogP contribution in [0.2, 0.25) is 0 Å². The lowest BCUT2D eigenvalue weighted by atomic mass is 9.79. The van der Waals surface area contributed by atoms with Crippen LogP contribution in [0.3, 0.4) is 0 Å². The summed E-state index contributed by atoms with van der Waals surface area (Å²) in [5.74, 6) is 0. The van der Waals surface area contributed by atoms with Gasteiger partial charge in [-0.05, 0) is 136 Å². The molecule has 0 aliphatic heterocycles. The smallest absolute Gasteiger partial charge is 0.0465 e. The third kappa shape index (κ3) is 4.70. The third-order valence-corrected chi connectivity index (χ3v) is 11.3. The van der Waals surface area contributed by atoms with Gasteiger partial charge in [-0.1, -0.05) is 107 Å². The van der Waals surface area contributed by atoms with Crippen molar-refractivity contribution in [3.05, 3.63) is 186 Å². The lowest BCUT2D eigenvalue weighted by molar-refractivity contribution is 0.652. The zero-order valence-electron chi connectivity index (χ0n) is 29.3. The Morgan fingerprint density at radius 3 is 1.28 bits per heavy atom. The summed E-state index contributed by atoms with van der Waals surface area (Å²) >= 11 is 0. The van der Waals surface area contributed by atoms with Gasteiger partial charge in [0, 0.05) is 45.0 Å². The van der Waals surface area contributed by atoms with Gasteiger partial charge in [0.1, 0.15) is 0 Å². The van der Waals surface area contributed by atoms with Crippen molar-refractivity contribution < 1.29 is 0 Å². The largest absolute Gasteiger partial charge is 0.314 e. The van der Waals surface area contributed by atoms with E-state index in [0.29, 0.717) is 0 Å². The van der Waals surface area contributed by atoms with Gasteiger partial charge in [-0.15, -0.1) is 0 Å². The first-order chi connectivity index (χ1) is 24.3. The fraction of sp³-hybridized carbons (Fsp3) is 0.167. The van der Waals surface area contributed by atoms with Crippen molar-refractivity contribution in [1.29, 1.82) is 0 Å². The van der Waals surface area contributed by atoms with Crippen molar-refractivity contribution in [3.63, 3.8) is 0 Å². The standard InChI is InChI=1S/C48H42N2/c1-47(2)43-29-37(49(33-17-9-5-10-18-33)34-19-11-6-12-20-34)25-27-39(43)41-32-46-42(31-45(41)47)40-28-26-38(30-44(40)48(46,3)4)50(35-21-13-7-14-22-35)36-23-15-8-16-24-36/h5-15,17-23,25-32H,16,24H2,1-4H3. The Balaban J connectivity index is 1.14. The molecule has 0 saturated heterocycles. The molecule has 2 heteroatoms. The Hall–Kier alpha value is -5.60. The van der Waals surface area contributed by atoms with Gasteiger partial charge in [-0.3, -0.25) is 0 Å². The van der Waals surface area contributed by atoms with E-state index in [-0.39, 0.29) is 10.8 Å². The van der Waals surface area contributed by atoms with Crippen LogP contribution in [-0.4, -0.2) is 0 Å². The highest BCUT2D eigenvalue weighted by Crippen LogP contribution is 2.57. The van der Waals surface area contributed by atoms with Crippen LogP contribution in [0.25, 0.3) is 22.3 Å². The number of hydrogen-bond acceptors (Lipinski definition) is 2. The number of anilines is 5. The second-order valence-corrected chi connectivity index (χ2v) is 15.0. The molecule has 0 radical (unpaired) electrons. The van der Waals surface area contributed by atoms with Crippen molar-refractivity contribution in [2.24, 2.45) is 0 Å². The van der Waals surface area contributed by atoms with Gasteiger partial charge in [0.15, 0.2) is 0 Å². The summed E-state index contributed by atoms with van der Waals surface area (Å²) in [4.78, 5) is 4.82. The zero-order valence-corrected chi connectivity index (χ0v) is 29.3. The molecule has 50 heavy (non-hydrogen) atoms. The maximum absolute atomic E-state index is 2.52. The Labute approximate surface area is 296 Å². The fourth-order valence-electron chi connectivity index (χ4n) is 8.65. The van der Waals surface area contributed by atoms with Crippen LogP contribution in [0.5, 0.6) is 0 Å². The highest BCUT2D eigenvalue weighted by molar-refractivity contribution is 5.92. The third-order valence-electron chi connectivity index (χ3n) is 11.3. The molecule has 6 aromatic carbocycles. The van der Waals surface area contributed by atoms with Crippen molar-refractivity contribution in [1.82, 2.24) is 0 Å². The number of para-hydroxylation sites is 3. The first kappa shape index (κ1) is 30.5. The summed E-state index contributed by atoms with van der Waals surface area (Å²) in [6.45, 7) is 9.62. The molecule has 6 aromatic rings. The number of hydrogen-bond donors (Lipinski definition) is 0. The van der Waals surface area contributed by atoms with E-state index in [2.05, 4.69) is 195 Å². The lowest BCUT2D eigenvalue weighted by Gasteiger charge is -2.30. The van der Waals surface area contributed by atoms with E-state index in [4.69, 9.17) is 0 Å². The molecular weight excluding hydrogens is 605 g/mol. The highest BCUT2D eigenvalue weighted by atomic mass is 15.2. The van der Waals surface area contributed by atoms with Gasteiger partial charge in [-0.25, -0.2) is 0 Å². The first-order valence-corrected chi connectivity index (χ1v) is 17.9. The average Bonchev–Trinajstić information content (AvgIpc) is 3.51. The summed E-state index contributed by atoms with van der Waals surface area (Å²) in [6, 6.07) is 51.5. The monoisotopic (exact) mass is 646 g/mol. The molecule has 0 aromatic heterocycles. The maximum atomic E-state index is 2.52. The molecule has 0 amide bonds. The number of allylic oxidation sites excluding steroid dienone is 4. The van der Waals surface area contributed by atoms with Crippen LogP contribution in [0, 0.1) is 0 Å². The second-order valence-electron chi connectivity index (χ2n) is 15.0. The molecule has 3 aliphatic carbocycles. The minimum absolute atomic E-state index is 0.136. The number of fused-ring (bicyclic) bond motifs is 6. The number of benzene rings is 6. The van der Waals surface area contributed by atoms with Crippen LogP contribution in [0.4, 0.5) is 28.4 Å². The summed E-state index contributed by atoms with van der Waals surface area (Å²) in [7, 11) is 0. The van der Waals surface area contributed by atoms with E-state index in [1.807, 2.05) is 0 Å². The van der Waals surface area contributed by atoms with E-state index in [9.17, 15) is 0 Å². The van der Waals surface area contributed by atoms with E-state index < -0.39 is 0 Å². The molecule has 2 nitrogen and oxygen atoms in total. The van der Waals surface area contributed by atoms with Crippen LogP contribution in [0.1, 0.15) is 62.8 Å². The van der Waals surface area contributed by atoms with Crippen molar-refractivity contribution in [2.75, 3.05) is 9.80 Å². The predicted octanol–water partition coefficient (Wildman–Crippen LogP) is 13.1. The molecule has 0 saturated carbocycles. The first-order valence-electron chi connectivity index (χ1n) is 17.9. The van der Waals surface area contributed by atoms with Gasteiger partial charge in [-0.2, -0.15) is 0 Å². The molecule has 0 N–H and O–H groups in total. The van der Waals surface area contributed by atoms with E-state index in [1.54, 1.807) is 0 Å². The summed E-state index contributed by atoms with van der Waals surface area (Å²) in [5, 5.41) is 0. The molecule has 0 heterocycles. The predicted molar refractivity (Wildman–Crippen MR) is 211 cm³/mol. The Bertz CT molecular complexity index is 2270. The molecule has 0 bridgehead atoms. The Kier molecular flexibility index (Phi) is 7.00. The maximum Gasteiger partial charge on any atom is 0.0465 e. The van der Waals surface area contributed by atoms with Gasteiger partial charge < -0.3 is 9.80 Å². The molecule has 0 atom stereocenters. The van der Waals surface area contributed by atoms with Crippen molar-refractivity contribution in [3.8, 4) is 22.3 Å². The average molecular weight is 647 g/mol. The second kappa shape index (κ2) is 11.5. The highest BCUT2D eigenvalue weighted by Gasteiger charge is 2.42. The topological polar surface area (TPSA) is 6.48 Å².